The van der Waals surface area contributed by atoms with Crippen LogP contribution in [0.4, 0.5) is 4.79 Å². The Bertz CT molecular complexity index is 1390. The number of fused-ring (bicyclic) bond motifs is 1. The van der Waals surface area contributed by atoms with Crippen molar-refractivity contribution in [3.63, 3.8) is 0 Å². The van der Waals surface area contributed by atoms with Gasteiger partial charge in [-0.1, -0.05) is 37.1 Å². The number of halogens is 1. The lowest BCUT2D eigenvalue weighted by Crippen LogP contribution is -2.25. The van der Waals surface area contributed by atoms with Crippen molar-refractivity contribution in [2.45, 2.75) is 39.4 Å². The van der Waals surface area contributed by atoms with E-state index < -0.39 is 12.2 Å². The molecular weight excluding hydrogens is 478 g/mol. The summed E-state index contributed by atoms with van der Waals surface area (Å²) >= 11 is 6.57. The van der Waals surface area contributed by atoms with E-state index in [1.807, 2.05) is 49.8 Å². The summed E-state index contributed by atoms with van der Waals surface area (Å²) in [5.41, 5.74) is 5.12. The average molecular weight is 508 g/mol. The summed E-state index contributed by atoms with van der Waals surface area (Å²) in [5, 5.41) is 5.73. The van der Waals surface area contributed by atoms with Crippen molar-refractivity contribution in [2.24, 2.45) is 7.05 Å². The van der Waals surface area contributed by atoms with Gasteiger partial charge in [0.1, 0.15) is 24.0 Å². The second-order valence-electron chi connectivity index (χ2n) is 8.84. The summed E-state index contributed by atoms with van der Waals surface area (Å²) in [4.78, 5) is 22.8. The van der Waals surface area contributed by atoms with E-state index in [-0.39, 0.29) is 6.61 Å². The zero-order valence-corrected chi connectivity index (χ0v) is 21.9. The maximum atomic E-state index is 12.3. The molecular formula is C27H30ClN5O3. The first-order valence-electron chi connectivity index (χ1n) is 11.8. The molecule has 9 heteroatoms. The van der Waals surface area contributed by atoms with Crippen LogP contribution in [0.3, 0.4) is 0 Å². The number of ether oxygens (including phenoxy) is 2. The quantitative estimate of drug-likeness (QED) is 0.286. The van der Waals surface area contributed by atoms with Gasteiger partial charge in [-0.2, -0.15) is 5.10 Å². The van der Waals surface area contributed by atoms with Crippen LogP contribution in [0, 0.1) is 6.92 Å². The van der Waals surface area contributed by atoms with Gasteiger partial charge < -0.3 is 14.4 Å². The zero-order chi connectivity index (χ0) is 25.8. The first kappa shape index (κ1) is 25.4. The number of pyridine rings is 2. The monoisotopic (exact) mass is 507 g/mol. The fourth-order valence-electron chi connectivity index (χ4n) is 4.14. The van der Waals surface area contributed by atoms with Crippen LogP contribution in [-0.4, -0.2) is 44.8 Å². The van der Waals surface area contributed by atoms with Crippen LogP contribution < -0.4 is 4.74 Å². The summed E-state index contributed by atoms with van der Waals surface area (Å²) in [5.74, 6) is 0.635. The Balaban J connectivity index is 1.70. The first-order valence-corrected chi connectivity index (χ1v) is 12.2. The molecule has 0 bridgehead atoms. The molecule has 0 saturated heterocycles. The minimum atomic E-state index is -0.487. The van der Waals surface area contributed by atoms with Gasteiger partial charge in [-0.05, 0) is 31.5 Å². The van der Waals surface area contributed by atoms with E-state index in [2.05, 4.69) is 16.1 Å². The number of benzene rings is 1. The minimum Gasteiger partial charge on any atom is -0.487 e. The smallest absolute Gasteiger partial charge is 0.409 e. The third-order valence-electron chi connectivity index (χ3n) is 5.94. The number of nitrogens with zero attached hydrogens (tertiary/aromatic N) is 5. The second-order valence-corrected chi connectivity index (χ2v) is 9.24. The Kier molecular flexibility index (Phi) is 7.74. The molecule has 36 heavy (non-hydrogen) atoms. The predicted molar refractivity (Wildman–Crippen MR) is 140 cm³/mol. The number of amides is 1. The third kappa shape index (κ3) is 5.28. The molecule has 0 radical (unpaired) electrons. The van der Waals surface area contributed by atoms with E-state index in [4.69, 9.17) is 26.1 Å². The van der Waals surface area contributed by atoms with Gasteiger partial charge in [0.05, 0.1) is 10.7 Å². The summed E-state index contributed by atoms with van der Waals surface area (Å²) < 4.78 is 13.9. The van der Waals surface area contributed by atoms with Crippen molar-refractivity contribution < 1.29 is 14.3 Å². The Labute approximate surface area is 215 Å². The number of carbonyl (C=O) groups excluding carboxylic acids is 1. The summed E-state index contributed by atoms with van der Waals surface area (Å²) in [6.07, 6.45) is 5.60. The van der Waals surface area contributed by atoms with Crippen LogP contribution in [0.5, 0.6) is 5.75 Å². The number of hydrogen-bond acceptors (Lipinski definition) is 6. The highest BCUT2D eigenvalue weighted by Crippen LogP contribution is 2.35. The van der Waals surface area contributed by atoms with Crippen molar-refractivity contribution >= 4 is 28.6 Å². The Morgan fingerprint density at radius 2 is 2.03 bits per heavy atom. The molecule has 1 amide bonds. The second kappa shape index (κ2) is 11.0. The van der Waals surface area contributed by atoms with E-state index in [9.17, 15) is 4.79 Å². The maximum Gasteiger partial charge on any atom is 0.409 e. The molecule has 0 N–H and O–H groups in total. The van der Waals surface area contributed by atoms with Gasteiger partial charge in [0.2, 0.25) is 0 Å². The van der Waals surface area contributed by atoms with E-state index in [1.54, 1.807) is 32.7 Å². The molecule has 0 saturated carbocycles. The largest absolute Gasteiger partial charge is 0.487 e. The third-order valence-corrected chi connectivity index (χ3v) is 6.27. The van der Waals surface area contributed by atoms with Gasteiger partial charge in [-0.25, -0.2) is 9.78 Å². The average Bonchev–Trinajstić information content (AvgIpc) is 3.28. The van der Waals surface area contributed by atoms with Crippen molar-refractivity contribution in [3.05, 3.63) is 70.8 Å². The Hall–Kier alpha value is -3.65. The zero-order valence-electron chi connectivity index (χ0n) is 21.2. The topological polar surface area (TPSA) is 82.4 Å². The number of aromatic nitrogens is 4. The molecule has 3 heterocycles. The number of hydrogen-bond donors (Lipinski definition) is 0. The molecule has 1 unspecified atom stereocenters. The number of para-hydroxylation sites is 1. The van der Waals surface area contributed by atoms with Crippen molar-refractivity contribution in [2.75, 3.05) is 14.1 Å². The normalized spacial score (nSPS) is 11.9. The molecule has 0 spiro atoms. The van der Waals surface area contributed by atoms with Gasteiger partial charge in [0.15, 0.2) is 0 Å². The number of aryl methyl sites for hydroxylation is 2. The molecule has 3 aromatic heterocycles. The summed E-state index contributed by atoms with van der Waals surface area (Å²) in [7, 11) is 5.22. The highest BCUT2D eigenvalue weighted by atomic mass is 35.5. The Morgan fingerprint density at radius 1 is 1.22 bits per heavy atom. The molecule has 0 fully saturated rings. The predicted octanol–water partition coefficient (Wildman–Crippen LogP) is 6.11. The van der Waals surface area contributed by atoms with E-state index >= 15 is 0 Å². The SMILES string of the molecule is CCCC(OC(=O)N(C)C)c1cncc(Cl)c1COc1cccc2c(-c3ccnn3C)cc(C)nc12. The van der Waals surface area contributed by atoms with Gasteiger partial charge in [0.25, 0.3) is 0 Å². The van der Waals surface area contributed by atoms with Crippen LogP contribution in [0.2, 0.25) is 5.02 Å². The molecule has 188 valence electrons. The lowest BCUT2D eigenvalue weighted by Gasteiger charge is -2.23. The lowest BCUT2D eigenvalue weighted by molar-refractivity contribution is 0.0685. The molecule has 1 atom stereocenters. The fraction of sp³-hybridized carbons (Fsp3) is 0.333. The van der Waals surface area contributed by atoms with E-state index in [0.29, 0.717) is 17.2 Å². The van der Waals surface area contributed by atoms with Gasteiger partial charge in [-0.15, -0.1) is 0 Å². The van der Waals surface area contributed by atoms with Crippen molar-refractivity contribution in [3.8, 4) is 17.0 Å². The molecule has 0 aliphatic heterocycles. The van der Waals surface area contributed by atoms with Gasteiger partial charge in [-0.3, -0.25) is 9.67 Å². The van der Waals surface area contributed by atoms with Crippen molar-refractivity contribution in [1.82, 2.24) is 24.6 Å². The Morgan fingerprint density at radius 3 is 2.72 bits per heavy atom. The molecule has 8 nitrogen and oxygen atoms in total. The highest BCUT2D eigenvalue weighted by molar-refractivity contribution is 6.31. The van der Waals surface area contributed by atoms with Crippen molar-refractivity contribution in [1.29, 1.82) is 0 Å². The molecule has 4 rings (SSSR count). The number of rotatable bonds is 8. The lowest BCUT2D eigenvalue weighted by atomic mass is 10.0. The van der Waals surface area contributed by atoms with Crippen LogP contribution >= 0.6 is 11.6 Å². The van der Waals surface area contributed by atoms with E-state index in [1.165, 1.54) is 4.90 Å². The summed E-state index contributed by atoms with van der Waals surface area (Å²) in [6.45, 7) is 4.17. The van der Waals surface area contributed by atoms with Gasteiger partial charge >= 0.3 is 6.09 Å². The number of carbonyl (C=O) groups is 1. The fourth-order valence-corrected chi connectivity index (χ4v) is 4.36. The van der Waals surface area contributed by atoms with Crippen LogP contribution in [0.1, 0.15) is 42.7 Å². The van der Waals surface area contributed by atoms with Crippen LogP contribution in [-0.2, 0) is 18.4 Å². The minimum absolute atomic E-state index is 0.173. The molecule has 4 aromatic rings. The summed E-state index contributed by atoms with van der Waals surface area (Å²) in [6, 6.07) is 9.90. The molecule has 0 aliphatic rings. The molecule has 1 aromatic carbocycles. The molecule has 0 aliphatic carbocycles. The van der Waals surface area contributed by atoms with Crippen LogP contribution in [0.25, 0.3) is 22.2 Å². The highest BCUT2D eigenvalue weighted by Gasteiger charge is 2.23. The standard InChI is InChI=1S/C27H30ClN5O3/c1-6-8-24(36-27(34)32(3)4)20-14-29-15-22(28)21(20)16-35-25-10-7-9-18-19(13-17(2)31-26(18)25)23-11-12-30-33(23)5/h7,9-15,24H,6,8,16H2,1-5H3. The maximum absolute atomic E-state index is 12.3. The van der Waals surface area contributed by atoms with E-state index in [0.717, 1.165) is 45.4 Å². The van der Waals surface area contributed by atoms with Gasteiger partial charge in [0, 0.05) is 67.5 Å². The first-order chi connectivity index (χ1) is 17.3. The van der Waals surface area contributed by atoms with Crippen LogP contribution in [0.15, 0.2) is 48.9 Å².